The number of hydrogen-bond acceptors (Lipinski definition) is 6. The van der Waals surface area contributed by atoms with Gasteiger partial charge in [-0.2, -0.15) is 0 Å². The third-order valence-corrected chi connectivity index (χ3v) is 9.17. The molecule has 6 heteroatoms. The van der Waals surface area contributed by atoms with Gasteiger partial charge in [-0.05, 0) is 44.9 Å². The summed E-state index contributed by atoms with van der Waals surface area (Å²) >= 11 is 0. The van der Waals surface area contributed by atoms with Crippen LogP contribution in [0.15, 0.2) is 0 Å². The molecule has 2 N–H and O–H groups in total. The summed E-state index contributed by atoms with van der Waals surface area (Å²) in [5.41, 5.74) is 0. The molecule has 6 nitrogen and oxygen atoms in total. The van der Waals surface area contributed by atoms with Gasteiger partial charge in [0, 0.05) is 19.3 Å². The molecule has 274 valence electrons. The Morgan fingerprint density at radius 1 is 0.391 bits per heavy atom. The summed E-state index contributed by atoms with van der Waals surface area (Å²) in [7, 11) is 0. The molecule has 0 rings (SSSR count). The quantitative estimate of drug-likeness (QED) is 0.0397. The number of aliphatic hydroxyl groups is 2. The zero-order valence-corrected chi connectivity index (χ0v) is 30.9. The number of unbranched alkanes of at least 4 members (excludes halogenated alkanes) is 20. The zero-order valence-electron chi connectivity index (χ0n) is 30.9. The van der Waals surface area contributed by atoms with Crippen LogP contribution in [0.3, 0.4) is 0 Å². The maximum atomic E-state index is 12.3. The third kappa shape index (κ3) is 32.8. The molecule has 0 aromatic carbocycles. The number of hydrogen-bond donors (Lipinski definition) is 2. The Morgan fingerprint density at radius 3 is 0.978 bits per heavy atom. The lowest BCUT2D eigenvalue weighted by Gasteiger charge is -2.18. The van der Waals surface area contributed by atoms with Gasteiger partial charge in [-0.15, -0.1) is 0 Å². The van der Waals surface area contributed by atoms with Gasteiger partial charge in [0.2, 0.25) is 6.29 Å². The van der Waals surface area contributed by atoms with Crippen LogP contribution in [0.4, 0.5) is 0 Å². The Hall–Kier alpha value is -1.14. The van der Waals surface area contributed by atoms with Gasteiger partial charge in [0.25, 0.3) is 0 Å². The summed E-state index contributed by atoms with van der Waals surface area (Å²) in [6, 6.07) is 0. The minimum absolute atomic E-state index is 0.116. The first-order chi connectivity index (χ1) is 22.4. The summed E-state index contributed by atoms with van der Waals surface area (Å²) < 4.78 is 11.0. The van der Waals surface area contributed by atoms with Gasteiger partial charge in [0.15, 0.2) is 0 Å². The van der Waals surface area contributed by atoms with Crippen LogP contribution in [0.5, 0.6) is 0 Å². The number of carbonyl (C=O) groups is 2. The van der Waals surface area contributed by atoms with Gasteiger partial charge in [0.1, 0.15) is 0 Å². The van der Waals surface area contributed by atoms with Crippen LogP contribution < -0.4 is 0 Å². The maximum Gasteiger partial charge on any atom is 0.308 e. The normalized spacial score (nSPS) is 13.4. The predicted molar refractivity (Wildman–Crippen MR) is 193 cm³/mol. The second kappa shape index (κ2) is 35.2. The van der Waals surface area contributed by atoms with Crippen molar-refractivity contribution in [2.75, 3.05) is 0 Å². The summed E-state index contributed by atoms with van der Waals surface area (Å²) in [5, 5.41) is 20.1. The minimum Gasteiger partial charge on any atom is -0.425 e. The van der Waals surface area contributed by atoms with Crippen LogP contribution in [0.1, 0.15) is 226 Å². The van der Waals surface area contributed by atoms with Crippen LogP contribution in [0, 0.1) is 0 Å². The fraction of sp³-hybridized carbons (Fsp3) is 0.950. The van der Waals surface area contributed by atoms with Crippen LogP contribution in [-0.2, 0) is 19.1 Å². The van der Waals surface area contributed by atoms with Gasteiger partial charge in [0.05, 0.1) is 12.2 Å². The highest BCUT2D eigenvalue weighted by molar-refractivity contribution is 5.71. The molecule has 2 atom stereocenters. The van der Waals surface area contributed by atoms with Crippen molar-refractivity contribution in [2.24, 2.45) is 0 Å². The van der Waals surface area contributed by atoms with E-state index >= 15 is 0 Å². The first-order valence-electron chi connectivity index (χ1n) is 20.2. The molecule has 0 amide bonds. The molecule has 0 aromatic rings. The van der Waals surface area contributed by atoms with Crippen molar-refractivity contribution in [3.63, 3.8) is 0 Å². The molecular formula is C40H78O6. The molecule has 0 bridgehead atoms. The van der Waals surface area contributed by atoms with Crippen LogP contribution in [-0.4, -0.2) is 40.6 Å². The van der Waals surface area contributed by atoms with Crippen molar-refractivity contribution >= 4 is 11.9 Å². The second-order valence-corrected chi connectivity index (χ2v) is 13.9. The SMILES string of the molecule is CCCCCCC(O)CCCCCCCCCCC(=O)OC(CCC)OC(=O)CCCCCCCCCCC(O)CCCCCC. The van der Waals surface area contributed by atoms with Crippen LogP contribution in [0.2, 0.25) is 0 Å². The molecule has 0 heterocycles. The minimum atomic E-state index is -0.755. The van der Waals surface area contributed by atoms with Crippen molar-refractivity contribution < 1.29 is 29.3 Å². The number of ether oxygens (including phenoxy) is 2. The van der Waals surface area contributed by atoms with Gasteiger partial charge in [-0.3, -0.25) is 9.59 Å². The van der Waals surface area contributed by atoms with E-state index < -0.39 is 6.29 Å². The first kappa shape index (κ1) is 44.9. The molecular weight excluding hydrogens is 576 g/mol. The van der Waals surface area contributed by atoms with Gasteiger partial charge in [-0.25, -0.2) is 0 Å². The molecule has 0 aliphatic rings. The van der Waals surface area contributed by atoms with Crippen molar-refractivity contribution in [3.05, 3.63) is 0 Å². The highest BCUT2D eigenvalue weighted by Crippen LogP contribution is 2.17. The fourth-order valence-corrected chi connectivity index (χ4v) is 6.11. The van der Waals surface area contributed by atoms with Crippen molar-refractivity contribution in [2.45, 2.75) is 245 Å². The van der Waals surface area contributed by atoms with Gasteiger partial charge >= 0.3 is 11.9 Å². The lowest BCUT2D eigenvalue weighted by atomic mass is 10.0. The number of carbonyl (C=O) groups excluding carboxylic acids is 2. The highest BCUT2D eigenvalue weighted by atomic mass is 16.7. The second-order valence-electron chi connectivity index (χ2n) is 13.9. The molecule has 0 fully saturated rings. The summed E-state index contributed by atoms with van der Waals surface area (Å²) in [6.45, 7) is 6.43. The topological polar surface area (TPSA) is 93.1 Å². The van der Waals surface area contributed by atoms with Gasteiger partial charge in [-0.1, -0.05) is 162 Å². The molecule has 0 aliphatic carbocycles. The molecule has 0 spiro atoms. The fourth-order valence-electron chi connectivity index (χ4n) is 6.11. The van der Waals surface area contributed by atoms with E-state index in [2.05, 4.69) is 13.8 Å². The van der Waals surface area contributed by atoms with Crippen LogP contribution in [0.25, 0.3) is 0 Å². The van der Waals surface area contributed by atoms with Gasteiger partial charge < -0.3 is 19.7 Å². The Morgan fingerprint density at radius 2 is 0.674 bits per heavy atom. The van der Waals surface area contributed by atoms with E-state index in [0.29, 0.717) is 19.3 Å². The highest BCUT2D eigenvalue weighted by Gasteiger charge is 2.18. The summed E-state index contributed by atoms with van der Waals surface area (Å²) in [5.74, 6) is -0.526. The Balaban J connectivity index is 3.70. The Labute approximate surface area is 285 Å². The lowest BCUT2D eigenvalue weighted by Crippen LogP contribution is -2.24. The van der Waals surface area contributed by atoms with E-state index in [1.54, 1.807) is 0 Å². The smallest absolute Gasteiger partial charge is 0.308 e. The van der Waals surface area contributed by atoms with Crippen molar-refractivity contribution in [1.82, 2.24) is 0 Å². The largest absolute Gasteiger partial charge is 0.425 e. The van der Waals surface area contributed by atoms with E-state index in [1.165, 1.54) is 89.9 Å². The number of aliphatic hydroxyl groups excluding tert-OH is 2. The Kier molecular flexibility index (Phi) is 34.3. The molecule has 0 radical (unpaired) electrons. The first-order valence-corrected chi connectivity index (χ1v) is 20.2. The lowest BCUT2D eigenvalue weighted by molar-refractivity contribution is -0.189. The van der Waals surface area contributed by atoms with E-state index in [0.717, 1.165) is 96.3 Å². The predicted octanol–water partition coefficient (Wildman–Crippen LogP) is 11.7. The summed E-state index contributed by atoms with van der Waals surface area (Å²) in [6.07, 6.45) is 32.6. The molecule has 0 saturated carbocycles. The monoisotopic (exact) mass is 655 g/mol. The maximum absolute atomic E-state index is 12.3. The van der Waals surface area contributed by atoms with Crippen molar-refractivity contribution in [3.8, 4) is 0 Å². The average molecular weight is 655 g/mol. The van der Waals surface area contributed by atoms with E-state index in [-0.39, 0.29) is 24.1 Å². The molecule has 46 heavy (non-hydrogen) atoms. The zero-order chi connectivity index (χ0) is 33.9. The van der Waals surface area contributed by atoms with E-state index in [9.17, 15) is 19.8 Å². The summed E-state index contributed by atoms with van der Waals surface area (Å²) in [4.78, 5) is 24.7. The van der Waals surface area contributed by atoms with E-state index in [4.69, 9.17) is 9.47 Å². The Bertz CT molecular complexity index is 602. The van der Waals surface area contributed by atoms with Crippen LogP contribution >= 0.6 is 0 Å². The molecule has 0 aliphatic heterocycles. The number of rotatable bonds is 36. The number of esters is 2. The third-order valence-electron chi connectivity index (χ3n) is 9.17. The standard InChI is InChI=1S/C40H78O6/c1-4-7-9-23-30-36(41)32-25-19-15-11-13-17-21-27-34-38(43)45-40(29-6-3)46-39(44)35-28-22-18-14-12-16-20-26-33-37(42)31-24-10-8-5-2/h36-37,40-42H,4-35H2,1-3H3. The molecule has 0 saturated heterocycles. The average Bonchev–Trinajstić information content (AvgIpc) is 3.03. The molecule has 2 unspecified atom stereocenters. The van der Waals surface area contributed by atoms with E-state index in [1.807, 2.05) is 6.92 Å². The molecule has 0 aromatic heterocycles. The van der Waals surface area contributed by atoms with Crippen molar-refractivity contribution in [1.29, 1.82) is 0 Å².